The largest absolute Gasteiger partial charge is 0.367 e. The van der Waals surface area contributed by atoms with Crippen LogP contribution in [0.25, 0.3) is 0 Å². The number of halogens is 4. The van der Waals surface area contributed by atoms with Crippen LogP contribution in [0.3, 0.4) is 0 Å². The first-order valence-electron chi connectivity index (χ1n) is 7.99. The Hall–Kier alpha value is -0.410. The molecule has 8 heteroatoms. The van der Waals surface area contributed by atoms with Gasteiger partial charge in [0.05, 0.1) is 17.8 Å². The minimum atomic E-state index is 0.105. The lowest BCUT2D eigenvalue weighted by Crippen LogP contribution is -2.44. The number of hydrogen-bond donors (Lipinski definition) is 0. The van der Waals surface area contributed by atoms with Gasteiger partial charge in [0.25, 0.3) is 0 Å². The highest BCUT2D eigenvalue weighted by Gasteiger charge is 2.46. The predicted octanol–water partition coefficient (Wildman–Crippen LogP) is 5.86. The monoisotopic (exact) mass is 601 g/mol. The summed E-state index contributed by atoms with van der Waals surface area (Å²) < 4.78 is 10.0. The number of anilines is 1. The van der Waals surface area contributed by atoms with E-state index in [2.05, 4.69) is 93.5 Å². The van der Waals surface area contributed by atoms with E-state index in [0.717, 1.165) is 35.8 Å². The van der Waals surface area contributed by atoms with Crippen molar-refractivity contribution in [3.8, 4) is 0 Å². The van der Waals surface area contributed by atoms with Crippen LogP contribution in [-0.4, -0.2) is 23.4 Å². The summed E-state index contributed by atoms with van der Waals surface area (Å²) in [6.07, 6.45) is 1.05. The van der Waals surface area contributed by atoms with E-state index < -0.39 is 0 Å². The minimum Gasteiger partial charge on any atom is -0.367 e. The van der Waals surface area contributed by atoms with Crippen LogP contribution in [0.4, 0.5) is 5.69 Å². The first-order chi connectivity index (χ1) is 12.5. The van der Waals surface area contributed by atoms with Gasteiger partial charge in [0, 0.05) is 24.3 Å². The molecule has 5 rings (SSSR count). The lowest BCUT2D eigenvalue weighted by molar-refractivity contribution is 0.0119. The van der Waals surface area contributed by atoms with E-state index in [1.165, 1.54) is 11.1 Å². The zero-order valence-corrected chi connectivity index (χ0v) is 19.6. The van der Waals surface area contributed by atoms with Crippen LogP contribution in [0.1, 0.15) is 17.2 Å². The van der Waals surface area contributed by atoms with Crippen LogP contribution in [0.5, 0.6) is 0 Å². The van der Waals surface area contributed by atoms with Gasteiger partial charge >= 0.3 is 0 Å². The van der Waals surface area contributed by atoms with Crippen molar-refractivity contribution >= 4 is 75.2 Å². The van der Waals surface area contributed by atoms with Crippen molar-refractivity contribution in [1.82, 2.24) is 4.90 Å². The number of morpholine rings is 1. The number of amidine groups is 1. The maximum Gasteiger partial charge on any atom is 0.233 e. The average Bonchev–Trinajstić information content (AvgIpc) is 3.14. The summed E-state index contributed by atoms with van der Waals surface area (Å²) in [6.45, 7) is 3.93. The summed E-state index contributed by atoms with van der Waals surface area (Å²) in [5.74, 6) is 0.876. The number of rotatable bonds is 1. The smallest absolute Gasteiger partial charge is 0.233 e. The third kappa shape index (κ3) is 2.80. The van der Waals surface area contributed by atoms with E-state index in [0.29, 0.717) is 6.61 Å². The Kier molecular flexibility index (Phi) is 4.48. The van der Waals surface area contributed by atoms with Gasteiger partial charge in [0.2, 0.25) is 6.67 Å². The fourth-order valence-electron chi connectivity index (χ4n) is 3.70. The molecule has 2 heterocycles. The average molecular weight is 605 g/mol. The second-order valence-electron chi connectivity index (χ2n) is 6.36. The molecule has 0 N–H and O–H groups in total. The lowest BCUT2D eigenvalue weighted by Gasteiger charge is -2.35. The number of nitrogens with zero attached hydrogens (tertiary/aromatic N) is 3. The van der Waals surface area contributed by atoms with Crippen molar-refractivity contribution in [2.45, 2.75) is 18.6 Å². The molecule has 1 aliphatic carbocycles. The highest BCUT2D eigenvalue weighted by Crippen LogP contribution is 2.46. The SMILES string of the molecule is Brc1cc(Br)c(N2[C]N3C(=N2)CO[C@H]2Cc4ccc(Br)cc4[C@H]23)c(Br)c1. The molecule has 1 fully saturated rings. The molecule has 0 bridgehead atoms. The van der Waals surface area contributed by atoms with Crippen molar-refractivity contribution in [3.05, 3.63) is 66.0 Å². The Morgan fingerprint density at radius 3 is 2.58 bits per heavy atom. The fraction of sp³-hybridized carbons (Fsp3) is 0.222. The lowest BCUT2D eigenvalue weighted by atomic mass is 10.1. The molecule has 2 radical (unpaired) electrons. The van der Waals surface area contributed by atoms with Crippen molar-refractivity contribution in [3.63, 3.8) is 0 Å². The Bertz CT molecular complexity index is 925. The Morgan fingerprint density at radius 2 is 1.81 bits per heavy atom. The number of ether oxygens (including phenoxy) is 1. The molecule has 3 aliphatic rings. The number of benzene rings is 2. The zero-order chi connectivity index (χ0) is 18.0. The molecule has 2 aliphatic heterocycles. The highest BCUT2D eigenvalue weighted by molar-refractivity contribution is 9.11. The second kappa shape index (κ2) is 6.58. The third-order valence-electron chi connectivity index (χ3n) is 4.79. The van der Waals surface area contributed by atoms with E-state index >= 15 is 0 Å². The van der Waals surface area contributed by atoms with Gasteiger partial charge in [0.1, 0.15) is 6.61 Å². The van der Waals surface area contributed by atoms with Gasteiger partial charge in [-0.15, -0.1) is 0 Å². The first-order valence-corrected chi connectivity index (χ1v) is 11.2. The van der Waals surface area contributed by atoms with Crippen molar-refractivity contribution in [1.29, 1.82) is 0 Å². The molecule has 2 aromatic carbocycles. The number of hydrogen-bond acceptors (Lipinski definition) is 4. The summed E-state index contributed by atoms with van der Waals surface area (Å²) in [6, 6.07) is 10.6. The van der Waals surface area contributed by atoms with Gasteiger partial charge in [-0.25, -0.2) is 5.01 Å². The summed E-state index contributed by atoms with van der Waals surface area (Å²) >= 11 is 14.4. The van der Waals surface area contributed by atoms with Crippen LogP contribution in [0.15, 0.2) is 53.3 Å². The highest BCUT2D eigenvalue weighted by atomic mass is 79.9. The molecule has 26 heavy (non-hydrogen) atoms. The van der Waals surface area contributed by atoms with Gasteiger partial charge in [0.15, 0.2) is 5.84 Å². The van der Waals surface area contributed by atoms with E-state index in [4.69, 9.17) is 9.84 Å². The molecule has 2 atom stereocenters. The number of hydrazone groups is 1. The molecular formula is C18H11Br4N3O. The quantitative estimate of drug-likeness (QED) is 0.408. The van der Waals surface area contributed by atoms with Crippen LogP contribution in [-0.2, 0) is 11.2 Å². The summed E-state index contributed by atoms with van der Waals surface area (Å²) in [5.41, 5.74) is 3.52. The molecule has 4 nitrogen and oxygen atoms in total. The summed E-state index contributed by atoms with van der Waals surface area (Å²) in [7, 11) is 0. The van der Waals surface area contributed by atoms with Gasteiger partial charge < -0.3 is 9.64 Å². The van der Waals surface area contributed by atoms with Crippen LogP contribution in [0.2, 0.25) is 0 Å². The molecule has 2 aromatic rings. The van der Waals surface area contributed by atoms with Crippen molar-refractivity contribution in [2.75, 3.05) is 11.6 Å². The van der Waals surface area contributed by atoms with Crippen molar-refractivity contribution < 1.29 is 4.74 Å². The zero-order valence-electron chi connectivity index (χ0n) is 13.2. The van der Waals surface area contributed by atoms with Gasteiger partial charge in [-0.1, -0.05) is 37.9 Å². The molecule has 1 saturated heterocycles. The Morgan fingerprint density at radius 1 is 1.04 bits per heavy atom. The Labute approximate surface area is 185 Å². The van der Waals surface area contributed by atoms with Gasteiger partial charge in [-0.3, -0.25) is 0 Å². The van der Waals surface area contributed by atoms with E-state index in [1.807, 2.05) is 12.1 Å². The molecule has 0 spiro atoms. The van der Waals surface area contributed by atoms with Crippen LogP contribution < -0.4 is 5.01 Å². The molecule has 0 aromatic heterocycles. The summed E-state index contributed by atoms with van der Waals surface area (Å²) in [4.78, 5) is 2.13. The van der Waals surface area contributed by atoms with Crippen LogP contribution in [0, 0.1) is 6.67 Å². The fourth-order valence-corrected chi connectivity index (χ4v) is 6.67. The van der Waals surface area contributed by atoms with E-state index in [9.17, 15) is 0 Å². The number of fused-ring (bicyclic) bond motifs is 5. The van der Waals surface area contributed by atoms with E-state index in [1.54, 1.807) is 5.01 Å². The standard InChI is InChI=1S/C18H11Br4N3O/c19-10-2-1-9-3-15-17(12(9)4-10)24-8-25(23-16(24)7-26-15)18-13(21)5-11(20)6-14(18)22/h1-2,4-6,15,17H,3,7H2/t15-,17+/m0/s1. The first kappa shape index (κ1) is 17.7. The van der Waals surface area contributed by atoms with Gasteiger partial charge in [-0.2, -0.15) is 5.10 Å². The topological polar surface area (TPSA) is 28.1 Å². The minimum absolute atomic E-state index is 0.105. The maximum absolute atomic E-state index is 6.12. The van der Waals surface area contributed by atoms with Crippen LogP contribution >= 0.6 is 63.7 Å². The molecule has 0 unspecified atom stereocenters. The third-order valence-corrected chi connectivity index (χ3v) is 6.95. The Balaban J connectivity index is 1.52. The molecule has 0 amide bonds. The summed E-state index contributed by atoms with van der Waals surface area (Å²) in [5, 5.41) is 6.53. The molecule has 0 saturated carbocycles. The predicted molar refractivity (Wildman–Crippen MR) is 115 cm³/mol. The van der Waals surface area contributed by atoms with Crippen molar-refractivity contribution in [2.24, 2.45) is 5.10 Å². The normalized spacial score (nSPS) is 23.6. The van der Waals surface area contributed by atoms with Gasteiger partial charge in [-0.05, 0) is 67.3 Å². The van der Waals surface area contributed by atoms with E-state index in [-0.39, 0.29) is 12.1 Å². The second-order valence-corrected chi connectivity index (χ2v) is 9.90. The molecule has 132 valence electrons. The molecular weight excluding hydrogens is 594 g/mol. The maximum atomic E-state index is 6.12.